The minimum absolute atomic E-state index is 0.116. The molecule has 22 heavy (non-hydrogen) atoms. The second kappa shape index (κ2) is 6.72. The normalized spacial score (nSPS) is 11.0. The van der Waals surface area contributed by atoms with Crippen LogP contribution in [0.2, 0.25) is 0 Å². The third-order valence-corrected chi connectivity index (χ3v) is 3.10. The molecule has 0 N–H and O–H groups in total. The fourth-order valence-electron chi connectivity index (χ4n) is 1.98. The summed E-state index contributed by atoms with van der Waals surface area (Å²) in [5.74, 6) is -0.530. The van der Waals surface area contributed by atoms with E-state index in [1.165, 1.54) is 26.4 Å². The van der Waals surface area contributed by atoms with Gasteiger partial charge >= 0.3 is 0 Å². The van der Waals surface area contributed by atoms with Crippen LogP contribution in [0.4, 0.5) is 8.78 Å². The van der Waals surface area contributed by atoms with Crippen molar-refractivity contribution in [2.24, 2.45) is 0 Å². The molecule has 0 aliphatic heterocycles. The van der Waals surface area contributed by atoms with E-state index in [1.54, 1.807) is 18.2 Å². The molecule has 0 amide bonds. The molecule has 0 atom stereocenters. The smallest absolute Gasteiger partial charge is 0.161 e. The molecule has 0 aliphatic rings. The molecule has 0 heterocycles. The number of hydrogen-bond donors (Lipinski definition) is 0. The molecule has 0 aliphatic carbocycles. The maximum absolute atomic E-state index is 13.7. The van der Waals surface area contributed by atoms with Crippen LogP contribution < -0.4 is 9.47 Å². The van der Waals surface area contributed by atoms with Crippen LogP contribution in [0.15, 0.2) is 36.4 Å². The number of allylic oxidation sites excluding steroid dienone is 1. The van der Waals surface area contributed by atoms with Gasteiger partial charge in [-0.25, -0.2) is 8.78 Å². The highest BCUT2D eigenvalue weighted by atomic mass is 19.1. The van der Waals surface area contributed by atoms with Gasteiger partial charge in [0.2, 0.25) is 0 Å². The largest absolute Gasteiger partial charge is 0.493 e. The van der Waals surface area contributed by atoms with Crippen LogP contribution in [0.1, 0.15) is 11.1 Å². The molecule has 2 rings (SSSR count). The molecule has 0 radical (unpaired) electrons. The fraction of sp³-hybridized carbons (Fsp3) is 0.118. The Hall–Kier alpha value is -2.87. The van der Waals surface area contributed by atoms with E-state index in [1.807, 2.05) is 6.07 Å². The molecular weight excluding hydrogens is 288 g/mol. The number of nitrogens with zero attached hydrogens (tertiary/aromatic N) is 1. The SMILES string of the molecule is COc1ccc(/C(C#N)=C/c2c(F)cccc2F)cc1OC. The van der Waals surface area contributed by atoms with Gasteiger partial charge in [0.1, 0.15) is 11.6 Å². The molecule has 3 nitrogen and oxygen atoms in total. The van der Waals surface area contributed by atoms with E-state index in [4.69, 9.17) is 9.47 Å². The Morgan fingerprint density at radius 2 is 1.68 bits per heavy atom. The van der Waals surface area contributed by atoms with Gasteiger partial charge in [-0.05, 0) is 42.0 Å². The highest BCUT2D eigenvalue weighted by Gasteiger charge is 2.11. The summed E-state index contributed by atoms with van der Waals surface area (Å²) in [6.07, 6.45) is 1.17. The van der Waals surface area contributed by atoms with Gasteiger partial charge < -0.3 is 9.47 Å². The molecule has 0 spiro atoms. The van der Waals surface area contributed by atoms with Crippen molar-refractivity contribution < 1.29 is 18.3 Å². The Balaban J connectivity index is 2.53. The molecule has 2 aromatic rings. The molecule has 0 fully saturated rings. The number of benzene rings is 2. The lowest BCUT2D eigenvalue weighted by atomic mass is 10.0. The third kappa shape index (κ3) is 3.07. The van der Waals surface area contributed by atoms with Crippen LogP contribution >= 0.6 is 0 Å². The average molecular weight is 301 g/mol. The lowest BCUT2D eigenvalue weighted by molar-refractivity contribution is 0.355. The van der Waals surface area contributed by atoms with Crippen molar-refractivity contribution in [2.75, 3.05) is 14.2 Å². The number of halogens is 2. The topological polar surface area (TPSA) is 42.2 Å². The fourth-order valence-corrected chi connectivity index (χ4v) is 1.98. The maximum atomic E-state index is 13.7. The summed E-state index contributed by atoms with van der Waals surface area (Å²) in [5.41, 5.74) is 0.335. The van der Waals surface area contributed by atoms with Crippen molar-refractivity contribution in [3.05, 3.63) is 59.2 Å². The van der Waals surface area contributed by atoms with Crippen molar-refractivity contribution in [3.8, 4) is 17.6 Å². The Bertz CT molecular complexity index is 743. The van der Waals surface area contributed by atoms with Crippen molar-refractivity contribution in [2.45, 2.75) is 0 Å². The standard InChI is InChI=1S/C17H13F2NO2/c1-21-16-7-6-11(9-17(16)22-2)12(10-20)8-13-14(18)4-3-5-15(13)19/h3-9H,1-2H3/b12-8+. The van der Waals surface area contributed by atoms with Gasteiger partial charge in [-0.15, -0.1) is 0 Å². The number of rotatable bonds is 4. The van der Waals surface area contributed by atoms with Crippen molar-refractivity contribution in [1.29, 1.82) is 5.26 Å². The minimum atomic E-state index is -0.728. The zero-order valence-corrected chi connectivity index (χ0v) is 12.1. The molecule has 0 unspecified atom stereocenters. The Labute approximate surface area is 127 Å². The van der Waals surface area contributed by atoms with Gasteiger partial charge in [-0.3, -0.25) is 0 Å². The van der Waals surface area contributed by atoms with Gasteiger partial charge in [-0.2, -0.15) is 5.26 Å². The Morgan fingerprint density at radius 3 is 2.23 bits per heavy atom. The predicted molar refractivity (Wildman–Crippen MR) is 79.4 cm³/mol. The van der Waals surface area contributed by atoms with Crippen molar-refractivity contribution >= 4 is 11.6 Å². The zero-order valence-electron chi connectivity index (χ0n) is 12.1. The van der Waals surface area contributed by atoms with Gasteiger partial charge in [-0.1, -0.05) is 6.07 Å². The number of ether oxygens (including phenoxy) is 2. The quantitative estimate of drug-likeness (QED) is 0.632. The van der Waals surface area contributed by atoms with Crippen molar-refractivity contribution in [1.82, 2.24) is 0 Å². The van der Waals surface area contributed by atoms with E-state index >= 15 is 0 Å². The number of hydrogen-bond acceptors (Lipinski definition) is 3. The molecule has 112 valence electrons. The second-order valence-electron chi connectivity index (χ2n) is 4.37. The van der Waals surface area contributed by atoms with Gasteiger partial charge in [0.05, 0.1) is 25.9 Å². The first-order chi connectivity index (χ1) is 10.6. The summed E-state index contributed by atoms with van der Waals surface area (Å²) in [4.78, 5) is 0. The molecule has 0 aromatic heterocycles. The summed E-state index contributed by atoms with van der Waals surface area (Å²) in [6.45, 7) is 0. The maximum Gasteiger partial charge on any atom is 0.161 e. The second-order valence-corrected chi connectivity index (χ2v) is 4.37. The van der Waals surface area contributed by atoms with Crippen LogP contribution in [-0.4, -0.2) is 14.2 Å². The lowest BCUT2D eigenvalue weighted by Gasteiger charge is -2.09. The summed E-state index contributed by atoms with van der Waals surface area (Å²) in [5, 5.41) is 9.28. The number of nitriles is 1. The van der Waals surface area contributed by atoms with Crippen molar-refractivity contribution in [3.63, 3.8) is 0 Å². The first-order valence-electron chi connectivity index (χ1n) is 6.39. The first kappa shape index (κ1) is 15.5. The van der Waals surface area contributed by atoms with Crippen LogP contribution in [-0.2, 0) is 0 Å². The van der Waals surface area contributed by atoms with Gasteiger partial charge in [0.25, 0.3) is 0 Å². The molecule has 0 saturated heterocycles. The summed E-state index contributed by atoms with van der Waals surface area (Å²) >= 11 is 0. The Morgan fingerprint density at radius 1 is 1.05 bits per heavy atom. The monoisotopic (exact) mass is 301 g/mol. The van der Waals surface area contributed by atoms with E-state index in [2.05, 4.69) is 0 Å². The van der Waals surface area contributed by atoms with E-state index in [0.29, 0.717) is 17.1 Å². The molecule has 0 bridgehead atoms. The zero-order chi connectivity index (χ0) is 16.1. The molecule has 0 saturated carbocycles. The molecule has 2 aromatic carbocycles. The lowest BCUT2D eigenvalue weighted by Crippen LogP contribution is -1.93. The Kier molecular flexibility index (Phi) is 4.74. The first-order valence-corrected chi connectivity index (χ1v) is 6.39. The van der Waals surface area contributed by atoms with Crippen LogP contribution in [0.25, 0.3) is 11.6 Å². The predicted octanol–water partition coefficient (Wildman–Crippen LogP) is 4.05. The molecular formula is C17H13F2NO2. The minimum Gasteiger partial charge on any atom is -0.493 e. The molecule has 5 heteroatoms. The van der Waals surface area contributed by atoms with E-state index in [-0.39, 0.29) is 11.1 Å². The van der Waals surface area contributed by atoms with Gasteiger partial charge in [0.15, 0.2) is 11.5 Å². The third-order valence-electron chi connectivity index (χ3n) is 3.10. The average Bonchev–Trinajstić information content (AvgIpc) is 2.54. The van der Waals surface area contributed by atoms with E-state index in [0.717, 1.165) is 12.1 Å². The van der Waals surface area contributed by atoms with Crippen LogP contribution in [0, 0.1) is 23.0 Å². The summed E-state index contributed by atoms with van der Waals surface area (Å²) in [6, 6.07) is 10.3. The summed E-state index contributed by atoms with van der Waals surface area (Å²) in [7, 11) is 2.96. The summed E-state index contributed by atoms with van der Waals surface area (Å²) < 4.78 is 37.6. The highest BCUT2D eigenvalue weighted by molar-refractivity contribution is 5.90. The number of methoxy groups -OCH3 is 2. The van der Waals surface area contributed by atoms with Gasteiger partial charge in [0, 0.05) is 5.56 Å². The van der Waals surface area contributed by atoms with E-state index < -0.39 is 11.6 Å². The van der Waals surface area contributed by atoms with E-state index in [9.17, 15) is 14.0 Å². The highest BCUT2D eigenvalue weighted by Crippen LogP contribution is 2.31. The van der Waals surface area contributed by atoms with Crippen LogP contribution in [0.3, 0.4) is 0 Å². The van der Waals surface area contributed by atoms with Crippen LogP contribution in [0.5, 0.6) is 11.5 Å².